The molecule has 31 heavy (non-hydrogen) atoms. The molecule has 1 saturated heterocycles. The van der Waals surface area contributed by atoms with E-state index < -0.39 is 5.60 Å². The number of methoxy groups -OCH3 is 1. The van der Waals surface area contributed by atoms with E-state index in [2.05, 4.69) is 11.8 Å². The number of Topliss-reactive ketones (excluding diaryl/α,β-unsaturated/α-hetero) is 1. The maximum atomic E-state index is 13.4. The van der Waals surface area contributed by atoms with Crippen LogP contribution in [0.5, 0.6) is 0 Å². The lowest BCUT2D eigenvalue weighted by atomic mass is 9.49. The molecule has 0 aromatic heterocycles. The summed E-state index contributed by atoms with van der Waals surface area (Å²) >= 11 is 0. The van der Waals surface area contributed by atoms with Gasteiger partial charge in [-0.15, -0.1) is 0 Å². The van der Waals surface area contributed by atoms with Crippen molar-refractivity contribution >= 4 is 5.78 Å². The number of carbonyl (C=O) groups excluding carboxylic acids is 1. The second kappa shape index (κ2) is 7.51. The van der Waals surface area contributed by atoms with E-state index in [1.807, 2.05) is 0 Å². The summed E-state index contributed by atoms with van der Waals surface area (Å²) < 4.78 is 11.2. The van der Waals surface area contributed by atoms with Crippen molar-refractivity contribution in [3.05, 3.63) is 0 Å². The fourth-order valence-corrected chi connectivity index (χ4v) is 9.75. The van der Waals surface area contributed by atoms with Gasteiger partial charge in [0.1, 0.15) is 5.78 Å². The average molecular weight is 432 g/mol. The lowest BCUT2D eigenvalue weighted by molar-refractivity contribution is -0.133. The van der Waals surface area contributed by atoms with Gasteiger partial charge in [-0.3, -0.25) is 9.69 Å². The fourth-order valence-electron chi connectivity index (χ4n) is 9.75. The number of fused-ring (bicyclic) bond motifs is 7. The number of ketones is 1. The van der Waals surface area contributed by atoms with Crippen molar-refractivity contribution in [3.8, 4) is 0 Å². The van der Waals surface area contributed by atoms with Crippen molar-refractivity contribution in [2.75, 3.05) is 40.0 Å². The van der Waals surface area contributed by atoms with Gasteiger partial charge < -0.3 is 14.6 Å². The Kier molecular flexibility index (Phi) is 5.11. The van der Waals surface area contributed by atoms with Gasteiger partial charge in [-0.05, 0) is 86.4 Å². The Morgan fingerprint density at radius 1 is 1.00 bits per heavy atom. The van der Waals surface area contributed by atoms with Crippen molar-refractivity contribution in [3.63, 3.8) is 0 Å². The van der Waals surface area contributed by atoms with Crippen LogP contribution in [0.3, 0.4) is 0 Å². The van der Waals surface area contributed by atoms with Crippen molar-refractivity contribution in [2.45, 2.75) is 70.0 Å². The van der Waals surface area contributed by atoms with Gasteiger partial charge in [-0.25, -0.2) is 0 Å². The number of hydrogen-bond acceptors (Lipinski definition) is 5. The van der Waals surface area contributed by atoms with Crippen molar-refractivity contribution < 1.29 is 19.4 Å². The Balaban J connectivity index is 1.16. The van der Waals surface area contributed by atoms with E-state index in [0.717, 1.165) is 62.8 Å². The maximum absolute atomic E-state index is 13.4. The minimum atomic E-state index is -0.518. The molecule has 0 radical (unpaired) electrons. The lowest BCUT2D eigenvalue weighted by Crippen LogP contribution is -2.51. The lowest BCUT2D eigenvalue weighted by Gasteiger charge is -2.55. The fraction of sp³-hybridized carbons (Fsp3) is 0.962. The number of aliphatic hydroxyl groups is 1. The highest BCUT2D eigenvalue weighted by Crippen LogP contribution is 2.69. The molecular formula is C26H41NO4. The predicted molar refractivity (Wildman–Crippen MR) is 117 cm³/mol. The molecule has 0 aromatic rings. The molecule has 0 spiro atoms. The Labute approximate surface area is 187 Å². The van der Waals surface area contributed by atoms with Gasteiger partial charge in [0, 0.05) is 32.0 Å². The molecule has 5 saturated carbocycles. The Hall–Kier alpha value is -0.490. The number of carbonyl (C=O) groups is 1. The minimum absolute atomic E-state index is 0.0848. The number of rotatable bonds is 4. The molecule has 5 aliphatic carbocycles. The van der Waals surface area contributed by atoms with Gasteiger partial charge in [-0.1, -0.05) is 6.92 Å². The first kappa shape index (κ1) is 21.1. The zero-order valence-electron chi connectivity index (χ0n) is 19.4. The highest BCUT2D eigenvalue weighted by Gasteiger charge is 2.72. The Morgan fingerprint density at radius 2 is 1.71 bits per heavy atom. The van der Waals surface area contributed by atoms with Gasteiger partial charge in [0.25, 0.3) is 0 Å². The third-order valence-corrected chi connectivity index (χ3v) is 11.2. The largest absolute Gasteiger partial charge is 0.387 e. The molecule has 1 heterocycles. The van der Waals surface area contributed by atoms with Gasteiger partial charge >= 0.3 is 0 Å². The summed E-state index contributed by atoms with van der Waals surface area (Å²) in [5, 5.41) is 11.0. The molecule has 6 aliphatic rings. The summed E-state index contributed by atoms with van der Waals surface area (Å²) in [6.07, 6.45) is 9.65. The summed E-state index contributed by atoms with van der Waals surface area (Å²) in [6, 6.07) is 0. The molecule has 5 nitrogen and oxygen atoms in total. The van der Waals surface area contributed by atoms with Crippen molar-refractivity contribution in [1.82, 2.24) is 4.90 Å². The Morgan fingerprint density at radius 3 is 2.48 bits per heavy atom. The topological polar surface area (TPSA) is 59.0 Å². The van der Waals surface area contributed by atoms with Crippen LogP contribution in [-0.2, 0) is 14.3 Å². The monoisotopic (exact) mass is 431 g/mol. The quantitative estimate of drug-likeness (QED) is 0.741. The van der Waals surface area contributed by atoms with Crippen LogP contribution in [-0.4, -0.2) is 67.5 Å². The number of ether oxygens (including phenoxy) is 2. The van der Waals surface area contributed by atoms with Crippen LogP contribution >= 0.6 is 0 Å². The first-order valence-electron chi connectivity index (χ1n) is 13.1. The van der Waals surface area contributed by atoms with Gasteiger partial charge in [0.2, 0.25) is 0 Å². The minimum Gasteiger partial charge on any atom is -0.387 e. The Bertz CT molecular complexity index is 722. The van der Waals surface area contributed by atoms with Gasteiger partial charge in [-0.2, -0.15) is 0 Å². The van der Waals surface area contributed by atoms with Crippen molar-refractivity contribution in [2.24, 2.45) is 46.8 Å². The maximum Gasteiger partial charge on any atom is 0.150 e. The molecule has 174 valence electrons. The third-order valence-electron chi connectivity index (χ3n) is 11.2. The zero-order valence-corrected chi connectivity index (χ0v) is 19.4. The first-order chi connectivity index (χ1) is 15.0. The molecule has 10 atom stereocenters. The number of morpholine rings is 1. The van der Waals surface area contributed by atoms with Crippen LogP contribution in [0.2, 0.25) is 0 Å². The SMILES string of the molecule is COC1C2[C@@H]3CC[C@@H]4[C@H](CC[C@]5(C)[C@@H](C(=O)CN6CCOCC6)CC[C@@H]45)[C@H]3CC[C@]12O. The molecule has 1 N–H and O–H groups in total. The second-order valence-corrected chi connectivity index (χ2v) is 12.1. The predicted octanol–water partition coefficient (Wildman–Crippen LogP) is 3.14. The molecule has 1 aliphatic heterocycles. The normalized spacial score (nSPS) is 53.8. The molecule has 2 unspecified atom stereocenters. The zero-order chi connectivity index (χ0) is 21.4. The van der Waals surface area contributed by atoms with Crippen LogP contribution in [0.1, 0.15) is 58.3 Å². The van der Waals surface area contributed by atoms with E-state index in [-0.39, 0.29) is 17.4 Å². The summed E-state index contributed by atoms with van der Waals surface area (Å²) in [4.78, 5) is 15.7. The first-order valence-corrected chi connectivity index (χ1v) is 13.1. The van der Waals surface area contributed by atoms with E-state index in [4.69, 9.17) is 9.47 Å². The molecular weight excluding hydrogens is 390 g/mol. The van der Waals surface area contributed by atoms with Gasteiger partial charge in [0.15, 0.2) is 0 Å². The molecule has 6 fully saturated rings. The van der Waals surface area contributed by atoms with E-state index in [1.54, 1.807) is 7.11 Å². The van der Waals surface area contributed by atoms with E-state index in [9.17, 15) is 9.90 Å². The summed E-state index contributed by atoms with van der Waals surface area (Å²) in [5.74, 6) is 4.92. The van der Waals surface area contributed by atoms with Crippen LogP contribution < -0.4 is 0 Å². The van der Waals surface area contributed by atoms with Gasteiger partial charge in [0.05, 0.1) is 31.5 Å². The van der Waals surface area contributed by atoms with E-state index in [1.165, 1.54) is 38.5 Å². The van der Waals surface area contributed by atoms with Crippen molar-refractivity contribution in [1.29, 1.82) is 0 Å². The molecule has 6 rings (SSSR count). The standard InChI is InChI=1S/C26H41NO4/c1-25-9-7-16-17-8-10-26(29)23(24(26)30-2)19(17)4-3-18(16)20(25)5-6-21(25)22(28)15-27-11-13-31-14-12-27/h16-21,23-24,29H,3-15H2,1-2H3/t16-,17-,18-,19-,20+,21-,23?,24?,25+,26-/m1/s1. The number of hydrogen-bond donors (Lipinski definition) is 1. The average Bonchev–Trinajstić information content (AvgIpc) is 3.23. The molecule has 5 heteroatoms. The van der Waals surface area contributed by atoms with Crippen LogP contribution in [0, 0.1) is 46.8 Å². The third kappa shape index (κ3) is 3.05. The van der Waals surface area contributed by atoms with E-state index >= 15 is 0 Å². The molecule has 0 aromatic carbocycles. The van der Waals surface area contributed by atoms with Crippen LogP contribution in [0.25, 0.3) is 0 Å². The highest BCUT2D eigenvalue weighted by atomic mass is 16.5. The highest BCUT2D eigenvalue weighted by molar-refractivity contribution is 5.84. The molecule has 0 bridgehead atoms. The summed E-state index contributed by atoms with van der Waals surface area (Å²) in [7, 11) is 1.78. The number of nitrogens with zero attached hydrogens (tertiary/aromatic N) is 1. The summed E-state index contributed by atoms with van der Waals surface area (Å²) in [5.41, 5.74) is -0.308. The van der Waals surface area contributed by atoms with Crippen LogP contribution in [0.4, 0.5) is 0 Å². The summed E-state index contributed by atoms with van der Waals surface area (Å²) in [6.45, 7) is 6.45. The van der Waals surface area contributed by atoms with Crippen LogP contribution in [0.15, 0.2) is 0 Å². The smallest absolute Gasteiger partial charge is 0.150 e. The molecule has 0 amide bonds. The van der Waals surface area contributed by atoms with E-state index in [0.29, 0.717) is 24.2 Å². The second-order valence-electron chi connectivity index (χ2n) is 12.1.